The molecule has 0 saturated heterocycles. The molecule has 0 amide bonds. The van der Waals surface area contributed by atoms with Crippen molar-refractivity contribution < 1.29 is 29.6 Å². The van der Waals surface area contributed by atoms with Crippen LogP contribution in [0.5, 0.6) is 11.5 Å². The molecule has 0 aromatic heterocycles. The fourth-order valence-electron chi connectivity index (χ4n) is 7.76. The van der Waals surface area contributed by atoms with E-state index >= 15 is 0 Å². The number of aliphatic hydroxyl groups excluding tert-OH is 2. The molecule has 49 heavy (non-hydrogen) atoms. The summed E-state index contributed by atoms with van der Waals surface area (Å²) in [4.78, 5) is 17.9. The number of carbonyl (C=O) groups is 1. The number of nitrogens with two attached hydrogens (primary N) is 2. The van der Waals surface area contributed by atoms with Crippen LogP contribution in [0.3, 0.4) is 0 Å². The van der Waals surface area contributed by atoms with Gasteiger partial charge in [-0.1, -0.05) is 32.1 Å². The molecule has 4 aliphatic rings. The van der Waals surface area contributed by atoms with Crippen molar-refractivity contribution in [3.05, 3.63) is 34.4 Å². The molecular weight excluding hydrogens is 618 g/mol. The third-order valence-electron chi connectivity index (χ3n) is 10.4. The molecule has 9 heteroatoms. The SMILES string of the molecule is CCC/C(=C/C(=O)CCc1cc(OC2CCCC2)c(O)c2c1C#C[C@@H]1CC#CC[C@H](C)CC[C@H]2[C@H](COC)[C@H](CO)C[C@@H]1N=C(N)N)CO. The van der Waals surface area contributed by atoms with Gasteiger partial charge in [0.2, 0.25) is 0 Å². The van der Waals surface area contributed by atoms with Gasteiger partial charge in [-0.2, -0.15) is 0 Å². The predicted octanol–water partition coefficient (Wildman–Crippen LogP) is 5.12. The van der Waals surface area contributed by atoms with Gasteiger partial charge in [-0.25, -0.2) is 4.99 Å². The van der Waals surface area contributed by atoms with E-state index in [2.05, 4.69) is 35.6 Å². The Morgan fingerprint density at radius 1 is 1.10 bits per heavy atom. The molecule has 0 aliphatic heterocycles. The molecule has 7 N–H and O–H groups in total. The summed E-state index contributed by atoms with van der Waals surface area (Å²) in [7, 11) is 1.66. The number of methoxy groups -OCH3 is 1. The number of rotatable bonds is 13. The topological polar surface area (TPSA) is 161 Å². The minimum Gasteiger partial charge on any atom is -0.504 e. The number of guanidine groups is 1. The fourth-order valence-corrected chi connectivity index (χ4v) is 7.76. The number of ether oxygens (including phenoxy) is 2. The van der Waals surface area contributed by atoms with E-state index in [-0.39, 0.29) is 66.9 Å². The molecular formula is C40H57N3O6. The number of nitrogens with zero attached hydrogens (tertiary/aromatic N) is 1. The molecule has 5 rings (SSSR count). The van der Waals surface area contributed by atoms with Crippen LogP contribution in [0.15, 0.2) is 22.7 Å². The van der Waals surface area contributed by atoms with Crippen LogP contribution < -0.4 is 16.2 Å². The number of aliphatic imine (C=N–C) groups is 1. The highest BCUT2D eigenvalue weighted by Gasteiger charge is 2.38. The fraction of sp³-hybridized carbons (Fsp3) is 0.650. The maximum atomic E-state index is 13.2. The minimum absolute atomic E-state index is 0.00236. The van der Waals surface area contributed by atoms with Gasteiger partial charge in [0.1, 0.15) is 0 Å². The summed E-state index contributed by atoms with van der Waals surface area (Å²) in [6.45, 7) is 4.30. The summed E-state index contributed by atoms with van der Waals surface area (Å²) < 4.78 is 12.4. The van der Waals surface area contributed by atoms with Gasteiger partial charge in [0.25, 0.3) is 0 Å². The molecule has 0 radical (unpaired) electrons. The normalized spacial score (nSPS) is 25.9. The van der Waals surface area contributed by atoms with Crippen molar-refractivity contribution >= 4 is 11.7 Å². The maximum Gasteiger partial charge on any atom is 0.186 e. The van der Waals surface area contributed by atoms with Crippen molar-refractivity contribution in [3.8, 4) is 35.2 Å². The van der Waals surface area contributed by atoms with E-state index < -0.39 is 6.04 Å². The minimum atomic E-state index is -0.409. The average molecular weight is 676 g/mol. The van der Waals surface area contributed by atoms with Crippen LogP contribution in [0.2, 0.25) is 0 Å². The summed E-state index contributed by atoms with van der Waals surface area (Å²) >= 11 is 0. The number of allylic oxidation sites excluding steroid dienone is 1. The van der Waals surface area contributed by atoms with E-state index in [1.165, 1.54) is 0 Å². The van der Waals surface area contributed by atoms with Crippen molar-refractivity contribution in [2.24, 2.45) is 40.1 Å². The van der Waals surface area contributed by atoms with Gasteiger partial charge in [-0.15, -0.1) is 11.8 Å². The zero-order chi connectivity index (χ0) is 35.3. The molecule has 6 atom stereocenters. The molecule has 2 bridgehead atoms. The second-order valence-corrected chi connectivity index (χ2v) is 14.2. The molecule has 1 aromatic rings. The molecule has 4 aliphatic carbocycles. The van der Waals surface area contributed by atoms with Crippen LogP contribution >= 0.6 is 0 Å². The third kappa shape index (κ3) is 10.5. The van der Waals surface area contributed by atoms with Crippen molar-refractivity contribution in [1.82, 2.24) is 0 Å². The quantitative estimate of drug-likeness (QED) is 0.0834. The number of fused-ring (bicyclic) bond motifs is 8. The van der Waals surface area contributed by atoms with Crippen LogP contribution in [0.1, 0.15) is 114 Å². The Kier molecular flexibility index (Phi) is 14.9. The van der Waals surface area contributed by atoms with Gasteiger partial charge in [0, 0.05) is 50.7 Å². The van der Waals surface area contributed by atoms with E-state index in [9.17, 15) is 20.1 Å². The summed E-state index contributed by atoms with van der Waals surface area (Å²) in [5, 5.41) is 33.0. The Morgan fingerprint density at radius 2 is 1.86 bits per heavy atom. The van der Waals surface area contributed by atoms with Gasteiger partial charge in [-0.05, 0) is 105 Å². The first-order chi connectivity index (χ1) is 23.7. The Labute approximate surface area is 292 Å². The number of ketones is 1. The molecule has 268 valence electrons. The Balaban J connectivity index is 1.99. The Morgan fingerprint density at radius 3 is 2.53 bits per heavy atom. The highest BCUT2D eigenvalue weighted by Crippen LogP contribution is 2.48. The first kappa shape index (κ1) is 38.3. The predicted molar refractivity (Wildman–Crippen MR) is 193 cm³/mol. The number of hydrogen-bond donors (Lipinski definition) is 5. The lowest BCUT2D eigenvalue weighted by Gasteiger charge is -2.37. The second kappa shape index (κ2) is 19.0. The van der Waals surface area contributed by atoms with Crippen LogP contribution in [-0.2, 0) is 16.0 Å². The zero-order valence-electron chi connectivity index (χ0n) is 29.7. The zero-order valence-corrected chi connectivity index (χ0v) is 29.7. The first-order valence-corrected chi connectivity index (χ1v) is 18.2. The van der Waals surface area contributed by atoms with Crippen molar-refractivity contribution in [1.29, 1.82) is 0 Å². The number of phenolic OH excluding ortho intramolecular Hbond substituents is 1. The molecule has 0 spiro atoms. The van der Waals surface area contributed by atoms with E-state index in [0.717, 1.165) is 56.1 Å². The largest absolute Gasteiger partial charge is 0.504 e. The molecule has 0 unspecified atom stereocenters. The summed E-state index contributed by atoms with van der Waals surface area (Å²) in [6.07, 6.45) is 10.9. The van der Waals surface area contributed by atoms with Gasteiger partial charge in [0.15, 0.2) is 23.2 Å². The highest BCUT2D eigenvalue weighted by atomic mass is 16.5. The van der Waals surface area contributed by atoms with Crippen molar-refractivity contribution in [3.63, 3.8) is 0 Å². The number of phenols is 1. The molecule has 0 heterocycles. The highest BCUT2D eigenvalue weighted by molar-refractivity contribution is 5.90. The van der Waals surface area contributed by atoms with E-state index in [1.807, 2.05) is 13.0 Å². The lowest BCUT2D eigenvalue weighted by atomic mass is 9.70. The van der Waals surface area contributed by atoms with E-state index in [0.29, 0.717) is 61.5 Å². The number of aromatic hydroxyl groups is 1. The van der Waals surface area contributed by atoms with Crippen LogP contribution in [0, 0.1) is 47.4 Å². The van der Waals surface area contributed by atoms with Gasteiger partial charge in [-0.3, -0.25) is 4.79 Å². The monoisotopic (exact) mass is 675 g/mol. The lowest BCUT2D eigenvalue weighted by Crippen LogP contribution is -2.36. The van der Waals surface area contributed by atoms with E-state index in [1.54, 1.807) is 13.2 Å². The third-order valence-corrected chi connectivity index (χ3v) is 10.4. The van der Waals surface area contributed by atoms with Crippen LogP contribution in [-0.4, -0.2) is 66.1 Å². The summed E-state index contributed by atoms with van der Waals surface area (Å²) in [6, 6.07) is 1.46. The Bertz CT molecular complexity index is 1450. The molecule has 1 saturated carbocycles. The summed E-state index contributed by atoms with van der Waals surface area (Å²) in [5.41, 5.74) is 14.8. The van der Waals surface area contributed by atoms with Crippen molar-refractivity contribution in [2.45, 2.75) is 115 Å². The van der Waals surface area contributed by atoms with Crippen LogP contribution in [0.4, 0.5) is 0 Å². The van der Waals surface area contributed by atoms with E-state index in [4.69, 9.17) is 20.9 Å². The summed E-state index contributed by atoms with van der Waals surface area (Å²) in [5.74, 6) is 13.3. The average Bonchev–Trinajstić information content (AvgIpc) is 3.59. The number of hydrogen-bond acceptors (Lipinski definition) is 7. The van der Waals surface area contributed by atoms with Gasteiger partial charge < -0.3 is 36.3 Å². The molecule has 9 nitrogen and oxygen atoms in total. The number of benzene rings is 1. The lowest BCUT2D eigenvalue weighted by molar-refractivity contribution is -0.114. The van der Waals surface area contributed by atoms with Gasteiger partial charge >= 0.3 is 0 Å². The molecule has 1 fully saturated rings. The molecule has 1 aromatic carbocycles. The number of aryl methyl sites for hydroxylation is 1. The number of aliphatic hydroxyl groups is 2. The standard InChI is InChI=1S/C40H57N3O6/c1-4-9-27(23-44)20-31(46)17-15-29-22-37(49-32-12-7-8-13-32)39(47)38-33(29)19-16-28-11-6-5-10-26(2)14-18-34(38)35(25-48-3)30(24-45)21-36(28)43-40(41)42/h20,22,26,28,30,32,34-36,44-45,47H,4,7-15,17-18,21,23-25H2,1-3H3,(H4,41,42,43)/b27-20-/t26-,28-,30-,34-,35+,36-/m0/s1. The smallest absolute Gasteiger partial charge is 0.186 e. The maximum absolute atomic E-state index is 13.2. The first-order valence-electron chi connectivity index (χ1n) is 18.2. The van der Waals surface area contributed by atoms with Gasteiger partial charge in [0.05, 0.1) is 24.7 Å². The van der Waals surface area contributed by atoms with Crippen LogP contribution in [0.25, 0.3) is 0 Å². The number of carbonyl (C=O) groups excluding carboxylic acids is 1. The second-order valence-electron chi connectivity index (χ2n) is 14.2. The Hall–Kier alpha value is -3.50. The van der Waals surface area contributed by atoms with Crippen molar-refractivity contribution in [2.75, 3.05) is 26.9 Å².